The molecule has 0 saturated carbocycles. The van der Waals surface area contributed by atoms with E-state index in [-0.39, 0.29) is 11.8 Å². The number of nitrogens with one attached hydrogen (secondary N) is 2. The molecular weight excluding hydrogens is 210 g/mol. The highest BCUT2D eigenvalue weighted by atomic mass is 16.4. The molecule has 0 fully saturated rings. The minimum absolute atomic E-state index is 0.282. The van der Waals surface area contributed by atoms with Gasteiger partial charge in [0.2, 0.25) is 11.8 Å². The van der Waals surface area contributed by atoms with Gasteiger partial charge >= 0.3 is 0 Å². The maximum Gasteiger partial charge on any atom is 0.244 e. The molecule has 2 aromatic heterocycles. The van der Waals surface area contributed by atoms with Crippen molar-refractivity contribution in [3.63, 3.8) is 0 Å². The number of H-pyrrole nitrogens is 1. The van der Waals surface area contributed by atoms with Gasteiger partial charge < -0.3 is 15.1 Å². The lowest BCUT2D eigenvalue weighted by Gasteiger charge is -2.08. The standard InChI is InChI=1S/C9H11N5O2/c10-7(1-6-2-11-4-13-6)9(15)14-8-3-12-5-16-8/h2-5,7H,1,10H2,(H,11,13)(H,14,15)/t7-/m0/s1. The summed E-state index contributed by atoms with van der Waals surface area (Å²) >= 11 is 0. The number of carbonyl (C=O) groups excluding carboxylic acids is 1. The molecule has 1 amide bonds. The van der Waals surface area contributed by atoms with Crippen molar-refractivity contribution in [2.24, 2.45) is 5.73 Å². The molecule has 0 radical (unpaired) electrons. The average molecular weight is 221 g/mol. The lowest BCUT2D eigenvalue weighted by atomic mass is 10.1. The van der Waals surface area contributed by atoms with Crippen molar-refractivity contribution in [2.75, 3.05) is 5.32 Å². The molecule has 0 aliphatic rings. The van der Waals surface area contributed by atoms with Crippen molar-refractivity contribution >= 4 is 11.8 Å². The molecule has 7 heteroatoms. The third-order valence-electron chi connectivity index (χ3n) is 2.01. The number of carbonyl (C=O) groups is 1. The molecule has 0 aliphatic heterocycles. The Bertz CT molecular complexity index is 436. The first-order valence-electron chi connectivity index (χ1n) is 4.68. The zero-order valence-corrected chi connectivity index (χ0v) is 8.38. The van der Waals surface area contributed by atoms with Crippen LogP contribution in [0.1, 0.15) is 5.69 Å². The lowest BCUT2D eigenvalue weighted by molar-refractivity contribution is -0.117. The van der Waals surface area contributed by atoms with Gasteiger partial charge in [0.15, 0.2) is 6.39 Å². The SMILES string of the molecule is N[C@@H](Cc1cnc[nH]1)C(=O)Nc1cnco1. The number of hydrogen-bond donors (Lipinski definition) is 3. The maximum atomic E-state index is 11.6. The van der Waals surface area contributed by atoms with Crippen LogP contribution in [0.25, 0.3) is 0 Å². The first-order valence-corrected chi connectivity index (χ1v) is 4.68. The number of rotatable bonds is 4. The first-order chi connectivity index (χ1) is 7.75. The molecule has 2 heterocycles. The Morgan fingerprint density at radius 2 is 2.44 bits per heavy atom. The summed E-state index contributed by atoms with van der Waals surface area (Å²) in [7, 11) is 0. The second-order valence-corrected chi connectivity index (χ2v) is 3.24. The number of nitrogens with two attached hydrogens (primary N) is 1. The number of anilines is 1. The Hall–Kier alpha value is -2.15. The largest absolute Gasteiger partial charge is 0.428 e. The molecule has 0 saturated heterocycles. The summed E-state index contributed by atoms with van der Waals surface area (Å²) in [5.41, 5.74) is 6.51. The van der Waals surface area contributed by atoms with Gasteiger partial charge in [0.05, 0.1) is 18.6 Å². The number of nitrogens with zero attached hydrogens (tertiary/aromatic N) is 2. The fourth-order valence-electron chi connectivity index (χ4n) is 1.22. The molecule has 0 aromatic carbocycles. The highest BCUT2D eigenvalue weighted by Crippen LogP contribution is 2.05. The highest BCUT2D eigenvalue weighted by molar-refractivity contribution is 5.93. The van der Waals surface area contributed by atoms with E-state index in [1.165, 1.54) is 18.9 Å². The first kappa shape index (κ1) is 10.4. The summed E-state index contributed by atoms with van der Waals surface area (Å²) in [5.74, 6) is -0.0450. The average Bonchev–Trinajstić information content (AvgIpc) is 2.90. The Kier molecular flexibility index (Phi) is 2.97. The van der Waals surface area contributed by atoms with E-state index in [9.17, 15) is 4.79 Å². The molecule has 16 heavy (non-hydrogen) atoms. The number of amides is 1. The van der Waals surface area contributed by atoms with Crippen LogP contribution in [0.2, 0.25) is 0 Å². The molecule has 0 spiro atoms. The summed E-state index contributed by atoms with van der Waals surface area (Å²) in [5, 5.41) is 2.51. The molecule has 2 aromatic rings. The third-order valence-corrected chi connectivity index (χ3v) is 2.01. The molecule has 4 N–H and O–H groups in total. The summed E-state index contributed by atoms with van der Waals surface area (Å²) in [6, 6.07) is -0.662. The van der Waals surface area contributed by atoms with E-state index in [1.54, 1.807) is 6.20 Å². The van der Waals surface area contributed by atoms with E-state index >= 15 is 0 Å². The van der Waals surface area contributed by atoms with Gasteiger partial charge in [-0.1, -0.05) is 0 Å². The predicted octanol–water partition coefficient (Wildman–Crippen LogP) is -0.0938. The minimum Gasteiger partial charge on any atom is -0.428 e. The van der Waals surface area contributed by atoms with Gasteiger partial charge in [-0.15, -0.1) is 0 Å². The normalized spacial score (nSPS) is 12.3. The van der Waals surface area contributed by atoms with Crippen molar-refractivity contribution in [3.8, 4) is 0 Å². The van der Waals surface area contributed by atoms with Crippen molar-refractivity contribution in [2.45, 2.75) is 12.5 Å². The van der Waals surface area contributed by atoms with Gasteiger partial charge in [0, 0.05) is 18.3 Å². The van der Waals surface area contributed by atoms with Crippen LogP contribution in [0.5, 0.6) is 0 Å². The van der Waals surface area contributed by atoms with Crippen LogP contribution in [-0.2, 0) is 11.2 Å². The summed E-state index contributed by atoms with van der Waals surface area (Å²) in [4.78, 5) is 22.0. The van der Waals surface area contributed by atoms with Crippen LogP contribution in [0.4, 0.5) is 5.88 Å². The molecule has 0 bridgehead atoms. The van der Waals surface area contributed by atoms with E-state index in [0.717, 1.165) is 5.69 Å². The summed E-state index contributed by atoms with van der Waals surface area (Å²) in [6.45, 7) is 0. The molecular formula is C9H11N5O2. The fraction of sp³-hybridized carbons (Fsp3) is 0.222. The van der Waals surface area contributed by atoms with Gasteiger partial charge in [-0.25, -0.2) is 9.97 Å². The third kappa shape index (κ3) is 2.45. The molecule has 0 unspecified atom stereocenters. The Morgan fingerprint density at radius 3 is 3.06 bits per heavy atom. The van der Waals surface area contributed by atoms with Gasteiger partial charge in [0.25, 0.3) is 0 Å². The minimum atomic E-state index is -0.662. The van der Waals surface area contributed by atoms with E-state index < -0.39 is 6.04 Å². The predicted molar refractivity (Wildman–Crippen MR) is 55.4 cm³/mol. The highest BCUT2D eigenvalue weighted by Gasteiger charge is 2.15. The lowest BCUT2D eigenvalue weighted by Crippen LogP contribution is -2.37. The Morgan fingerprint density at radius 1 is 1.56 bits per heavy atom. The molecule has 84 valence electrons. The van der Waals surface area contributed by atoms with Crippen LogP contribution in [0.3, 0.4) is 0 Å². The zero-order valence-electron chi connectivity index (χ0n) is 8.38. The zero-order chi connectivity index (χ0) is 11.4. The maximum absolute atomic E-state index is 11.6. The number of oxazole rings is 1. The van der Waals surface area contributed by atoms with Crippen LogP contribution in [0.15, 0.2) is 29.5 Å². The second kappa shape index (κ2) is 4.58. The van der Waals surface area contributed by atoms with Gasteiger partial charge in [0.1, 0.15) is 0 Å². The monoisotopic (exact) mass is 221 g/mol. The molecule has 7 nitrogen and oxygen atoms in total. The van der Waals surface area contributed by atoms with Crippen molar-refractivity contribution in [1.29, 1.82) is 0 Å². The number of aromatic amines is 1. The smallest absolute Gasteiger partial charge is 0.244 e. The number of aromatic nitrogens is 3. The van der Waals surface area contributed by atoms with Crippen molar-refractivity contribution in [1.82, 2.24) is 15.0 Å². The number of hydrogen-bond acceptors (Lipinski definition) is 5. The van der Waals surface area contributed by atoms with Crippen LogP contribution in [0, 0.1) is 0 Å². The van der Waals surface area contributed by atoms with E-state index in [4.69, 9.17) is 10.2 Å². The van der Waals surface area contributed by atoms with Crippen LogP contribution in [-0.4, -0.2) is 26.9 Å². The Labute approximate surface area is 91.1 Å². The summed E-state index contributed by atoms with van der Waals surface area (Å²) in [6.07, 6.45) is 6.19. The van der Waals surface area contributed by atoms with Gasteiger partial charge in [-0.05, 0) is 0 Å². The van der Waals surface area contributed by atoms with Gasteiger partial charge in [-0.2, -0.15) is 0 Å². The number of imidazole rings is 1. The van der Waals surface area contributed by atoms with Crippen LogP contribution < -0.4 is 11.1 Å². The summed E-state index contributed by atoms with van der Waals surface area (Å²) < 4.78 is 4.87. The quantitative estimate of drug-likeness (QED) is 0.668. The topological polar surface area (TPSA) is 110 Å². The Balaban J connectivity index is 1.90. The fourth-order valence-corrected chi connectivity index (χ4v) is 1.22. The van der Waals surface area contributed by atoms with E-state index in [0.29, 0.717) is 6.42 Å². The van der Waals surface area contributed by atoms with Crippen molar-refractivity contribution < 1.29 is 9.21 Å². The van der Waals surface area contributed by atoms with Crippen LogP contribution >= 0.6 is 0 Å². The second-order valence-electron chi connectivity index (χ2n) is 3.24. The molecule has 1 atom stereocenters. The molecule has 2 rings (SSSR count). The van der Waals surface area contributed by atoms with E-state index in [1.807, 2.05) is 0 Å². The van der Waals surface area contributed by atoms with Gasteiger partial charge in [-0.3, -0.25) is 10.1 Å². The molecule has 0 aliphatic carbocycles. The van der Waals surface area contributed by atoms with E-state index in [2.05, 4.69) is 20.3 Å². The van der Waals surface area contributed by atoms with Crippen molar-refractivity contribution in [3.05, 3.63) is 30.8 Å².